The van der Waals surface area contributed by atoms with Crippen molar-refractivity contribution in [2.75, 3.05) is 24.7 Å². The molecule has 0 bridgehead atoms. The second-order valence-corrected chi connectivity index (χ2v) is 7.75. The predicted octanol–water partition coefficient (Wildman–Crippen LogP) is 0.593. The molecule has 0 aliphatic carbocycles. The molecule has 1 aliphatic rings. The highest BCUT2D eigenvalue weighted by molar-refractivity contribution is 7.91. The van der Waals surface area contributed by atoms with Crippen LogP contribution in [0.5, 0.6) is 5.75 Å². The summed E-state index contributed by atoms with van der Waals surface area (Å²) in [6.07, 6.45) is -0.0861. The molecule has 2 atom stereocenters. The highest BCUT2D eigenvalue weighted by Crippen LogP contribution is 2.22. The molecule has 1 fully saturated rings. The number of hydrogen-bond donors (Lipinski definition) is 2. The maximum absolute atomic E-state index is 11.5. The van der Waals surface area contributed by atoms with Gasteiger partial charge in [-0.1, -0.05) is 18.2 Å². The van der Waals surface area contributed by atoms with Crippen molar-refractivity contribution in [2.24, 2.45) is 0 Å². The van der Waals surface area contributed by atoms with Gasteiger partial charge in [-0.05, 0) is 25.5 Å². The summed E-state index contributed by atoms with van der Waals surface area (Å²) in [5, 5.41) is 13.0. The Balaban J connectivity index is 1.74. The van der Waals surface area contributed by atoms with Crippen LogP contribution in [-0.2, 0) is 9.84 Å². The van der Waals surface area contributed by atoms with Crippen LogP contribution < -0.4 is 10.1 Å². The molecule has 2 N–H and O–H groups in total. The van der Waals surface area contributed by atoms with Crippen molar-refractivity contribution >= 4 is 9.84 Å². The predicted molar refractivity (Wildman–Crippen MR) is 77.6 cm³/mol. The number of nitrogens with one attached hydrogen (secondary N) is 1. The van der Waals surface area contributed by atoms with Crippen molar-refractivity contribution < 1.29 is 18.3 Å². The first-order valence-electron chi connectivity index (χ1n) is 6.70. The van der Waals surface area contributed by atoms with E-state index in [0.717, 1.165) is 0 Å². The van der Waals surface area contributed by atoms with Crippen LogP contribution in [0.1, 0.15) is 13.3 Å². The van der Waals surface area contributed by atoms with Gasteiger partial charge in [0.2, 0.25) is 0 Å². The van der Waals surface area contributed by atoms with E-state index in [4.69, 9.17) is 4.74 Å². The molecule has 1 aromatic carbocycles. The number of benzene rings is 1. The summed E-state index contributed by atoms with van der Waals surface area (Å²) in [5.41, 5.74) is -0.438. The van der Waals surface area contributed by atoms with Crippen molar-refractivity contribution in [3.63, 3.8) is 0 Å². The Bertz CT molecular complexity index is 531. The molecule has 0 amide bonds. The molecule has 1 aromatic rings. The fourth-order valence-electron chi connectivity index (χ4n) is 2.28. The van der Waals surface area contributed by atoms with E-state index in [-0.39, 0.29) is 18.1 Å². The number of aliphatic hydroxyl groups excluding tert-OH is 1. The Morgan fingerprint density at radius 1 is 1.40 bits per heavy atom. The first-order chi connectivity index (χ1) is 9.39. The van der Waals surface area contributed by atoms with Crippen LogP contribution >= 0.6 is 0 Å². The second-order valence-electron chi connectivity index (χ2n) is 5.56. The van der Waals surface area contributed by atoms with E-state index in [1.54, 1.807) is 0 Å². The third-order valence-corrected chi connectivity index (χ3v) is 5.36. The summed E-state index contributed by atoms with van der Waals surface area (Å²) < 4.78 is 28.4. The van der Waals surface area contributed by atoms with E-state index in [2.05, 4.69) is 5.32 Å². The van der Waals surface area contributed by atoms with E-state index in [1.165, 1.54) is 0 Å². The summed E-state index contributed by atoms with van der Waals surface area (Å²) >= 11 is 0. The number of hydrogen-bond acceptors (Lipinski definition) is 5. The minimum absolute atomic E-state index is 0.131. The van der Waals surface area contributed by atoms with Crippen molar-refractivity contribution in [3.05, 3.63) is 30.3 Å². The van der Waals surface area contributed by atoms with Gasteiger partial charge in [-0.25, -0.2) is 8.42 Å². The first kappa shape index (κ1) is 15.3. The zero-order valence-corrected chi connectivity index (χ0v) is 12.4. The lowest BCUT2D eigenvalue weighted by molar-refractivity contribution is 0.0993. The normalized spacial score (nSPS) is 26.3. The Kier molecular flexibility index (Phi) is 4.67. The maximum atomic E-state index is 11.5. The van der Waals surface area contributed by atoms with Crippen LogP contribution in [0.25, 0.3) is 0 Å². The minimum Gasteiger partial charge on any atom is -0.491 e. The SMILES string of the molecule is C[C@]1(NC[C@H](O)COc2ccccc2)CCS(=O)(=O)C1. The monoisotopic (exact) mass is 299 g/mol. The molecule has 0 unspecified atom stereocenters. The molecule has 5 nitrogen and oxygen atoms in total. The molecule has 6 heteroatoms. The van der Waals surface area contributed by atoms with Crippen LogP contribution in [-0.4, -0.2) is 49.8 Å². The Morgan fingerprint density at radius 3 is 2.70 bits per heavy atom. The van der Waals surface area contributed by atoms with E-state index in [9.17, 15) is 13.5 Å². The van der Waals surface area contributed by atoms with Crippen molar-refractivity contribution in [3.8, 4) is 5.75 Å². The molecule has 20 heavy (non-hydrogen) atoms. The highest BCUT2D eigenvalue weighted by atomic mass is 32.2. The standard InChI is InChI=1S/C14H21NO4S/c1-14(7-8-20(17,18)11-14)15-9-12(16)10-19-13-5-3-2-4-6-13/h2-6,12,15-16H,7-11H2,1H3/t12-,14-/m0/s1. The molecule has 0 spiro atoms. The number of para-hydroxylation sites is 1. The number of aliphatic hydroxyl groups is 1. The number of rotatable bonds is 6. The van der Waals surface area contributed by atoms with E-state index < -0.39 is 21.5 Å². The summed E-state index contributed by atoms with van der Waals surface area (Å²) in [7, 11) is -2.93. The smallest absolute Gasteiger partial charge is 0.152 e. The Morgan fingerprint density at radius 2 is 2.10 bits per heavy atom. The van der Waals surface area contributed by atoms with Gasteiger partial charge in [0.25, 0.3) is 0 Å². The zero-order chi connectivity index (χ0) is 14.6. The summed E-state index contributed by atoms with van der Waals surface area (Å²) in [6.45, 7) is 2.38. The van der Waals surface area contributed by atoms with Crippen molar-refractivity contribution in [2.45, 2.75) is 25.0 Å². The lowest BCUT2D eigenvalue weighted by Gasteiger charge is -2.25. The quantitative estimate of drug-likeness (QED) is 0.804. The van der Waals surface area contributed by atoms with Crippen LogP contribution in [0.3, 0.4) is 0 Å². The van der Waals surface area contributed by atoms with Gasteiger partial charge in [-0.2, -0.15) is 0 Å². The average Bonchev–Trinajstić information content (AvgIpc) is 2.70. The van der Waals surface area contributed by atoms with Crippen molar-refractivity contribution in [1.82, 2.24) is 5.32 Å². The van der Waals surface area contributed by atoms with Gasteiger partial charge in [-0.3, -0.25) is 0 Å². The molecule has 0 aromatic heterocycles. The molecule has 0 radical (unpaired) electrons. The maximum Gasteiger partial charge on any atom is 0.152 e. The summed E-state index contributed by atoms with van der Waals surface area (Å²) in [6, 6.07) is 9.27. The van der Waals surface area contributed by atoms with Crippen LogP contribution in [0.2, 0.25) is 0 Å². The average molecular weight is 299 g/mol. The molecule has 1 saturated heterocycles. The minimum atomic E-state index is -2.93. The summed E-state index contributed by atoms with van der Waals surface area (Å²) in [4.78, 5) is 0. The van der Waals surface area contributed by atoms with Gasteiger partial charge in [-0.15, -0.1) is 0 Å². The van der Waals surface area contributed by atoms with Gasteiger partial charge < -0.3 is 15.2 Å². The fourth-order valence-corrected chi connectivity index (χ4v) is 4.41. The van der Waals surface area contributed by atoms with Gasteiger partial charge in [0.1, 0.15) is 18.5 Å². The van der Waals surface area contributed by atoms with Crippen LogP contribution in [0, 0.1) is 0 Å². The fraction of sp³-hybridized carbons (Fsp3) is 0.571. The zero-order valence-electron chi connectivity index (χ0n) is 11.6. The molecule has 1 heterocycles. The van der Waals surface area contributed by atoms with E-state index >= 15 is 0 Å². The third-order valence-electron chi connectivity index (χ3n) is 3.45. The summed E-state index contributed by atoms with van der Waals surface area (Å²) in [5.74, 6) is 1.06. The molecule has 0 saturated carbocycles. The second kappa shape index (κ2) is 6.11. The molecular weight excluding hydrogens is 278 g/mol. The lowest BCUT2D eigenvalue weighted by Crippen LogP contribution is -2.47. The van der Waals surface area contributed by atoms with Gasteiger partial charge in [0.15, 0.2) is 9.84 Å². The van der Waals surface area contributed by atoms with Gasteiger partial charge >= 0.3 is 0 Å². The molecular formula is C14H21NO4S. The Labute approximate surface area is 119 Å². The number of β-amino-alcohol motifs (C(OH)–C–C–N with tert-alkyl or cyclic N) is 1. The topological polar surface area (TPSA) is 75.6 Å². The molecule has 2 rings (SSSR count). The van der Waals surface area contributed by atoms with Crippen LogP contribution in [0.15, 0.2) is 30.3 Å². The molecule has 1 aliphatic heterocycles. The highest BCUT2D eigenvalue weighted by Gasteiger charge is 2.38. The molecule has 112 valence electrons. The van der Waals surface area contributed by atoms with Gasteiger partial charge in [0.05, 0.1) is 11.5 Å². The third kappa shape index (κ3) is 4.47. The van der Waals surface area contributed by atoms with E-state index in [0.29, 0.717) is 18.7 Å². The largest absolute Gasteiger partial charge is 0.491 e. The Hall–Kier alpha value is -1.11. The van der Waals surface area contributed by atoms with Gasteiger partial charge in [0, 0.05) is 12.1 Å². The number of sulfone groups is 1. The lowest BCUT2D eigenvalue weighted by atomic mass is 10.0. The van der Waals surface area contributed by atoms with Crippen molar-refractivity contribution in [1.29, 1.82) is 0 Å². The number of ether oxygens (including phenoxy) is 1. The van der Waals surface area contributed by atoms with E-state index in [1.807, 2.05) is 37.3 Å². The van der Waals surface area contributed by atoms with Crippen LogP contribution in [0.4, 0.5) is 0 Å². The first-order valence-corrected chi connectivity index (χ1v) is 8.52.